The van der Waals surface area contributed by atoms with E-state index in [2.05, 4.69) is 5.32 Å². The number of carbonyl (C=O) groups is 3. The molecule has 1 heterocycles. The number of hydrogen-bond donors (Lipinski definition) is 2. The highest BCUT2D eigenvalue weighted by atomic mass is 35.5. The smallest absolute Gasteiger partial charge is 0.335 e. The summed E-state index contributed by atoms with van der Waals surface area (Å²) in [6, 6.07) is 15.1. The number of ether oxygens (including phenoxy) is 1. The van der Waals surface area contributed by atoms with Gasteiger partial charge in [-0.25, -0.2) is 14.1 Å². The lowest BCUT2D eigenvalue weighted by molar-refractivity contribution is -0.122. The molecule has 0 bridgehead atoms. The summed E-state index contributed by atoms with van der Waals surface area (Å²) in [5, 5.41) is 11.8. The van der Waals surface area contributed by atoms with E-state index in [0.29, 0.717) is 16.9 Å². The summed E-state index contributed by atoms with van der Waals surface area (Å²) < 4.78 is 18.9. The van der Waals surface area contributed by atoms with Crippen LogP contribution in [0.5, 0.6) is 11.5 Å². The highest BCUT2D eigenvalue weighted by Crippen LogP contribution is 2.29. The van der Waals surface area contributed by atoms with Crippen molar-refractivity contribution in [3.63, 3.8) is 0 Å². The van der Waals surface area contributed by atoms with Gasteiger partial charge < -0.3 is 9.84 Å². The molecule has 166 valence electrons. The first-order valence-electron chi connectivity index (χ1n) is 9.69. The zero-order chi connectivity index (χ0) is 23.5. The molecule has 3 aromatic rings. The van der Waals surface area contributed by atoms with E-state index in [1.54, 1.807) is 24.3 Å². The van der Waals surface area contributed by atoms with Crippen LogP contribution in [-0.2, 0) is 16.2 Å². The predicted octanol–water partition coefficient (Wildman–Crippen LogP) is 4.43. The number of nitrogens with one attached hydrogen (secondary N) is 1. The van der Waals surface area contributed by atoms with Gasteiger partial charge in [-0.2, -0.15) is 0 Å². The Bertz CT molecular complexity index is 1290. The molecule has 0 aliphatic carbocycles. The second-order valence-electron chi connectivity index (χ2n) is 7.08. The van der Waals surface area contributed by atoms with Crippen molar-refractivity contribution in [2.45, 2.75) is 6.61 Å². The van der Waals surface area contributed by atoms with Crippen LogP contribution in [0.4, 0.5) is 14.9 Å². The van der Waals surface area contributed by atoms with Crippen LogP contribution in [0, 0.1) is 5.82 Å². The maximum Gasteiger partial charge on any atom is 0.335 e. The number of hydrogen-bond acceptors (Lipinski definition) is 5. The molecule has 4 rings (SSSR count). The van der Waals surface area contributed by atoms with Crippen LogP contribution in [0.15, 0.2) is 72.3 Å². The van der Waals surface area contributed by atoms with Crippen LogP contribution in [0.2, 0.25) is 5.02 Å². The number of phenols is 1. The SMILES string of the molecule is O=C1NC(=O)N(c2ccc(O)cc2)C(=O)/C1=C/c1ccc(OCc2cccc(F)c2)c(Cl)c1. The van der Waals surface area contributed by atoms with Gasteiger partial charge in [0.2, 0.25) is 0 Å². The van der Waals surface area contributed by atoms with Crippen molar-refractivity contribution in [1.29, 1.82) is 0 Å². The minimum atomic E-state index is -0.896. The van der Waals surface area contributed by atoms with E-state index in [1.807, 2.05) is 0 Å². The number of halogens is 2. The fraction of sp³-hybridized carbons (Fsp3) is 0.0417. The van der Waals surface area contributed by atoms with Crippen molar-refractivity contribution in [3.8, 4) is 11.5 Å². The Kier molecular flexibility index (Phi) is 6.10. The number of rotatable bonds is 5. The largest absolute Gasteiger partial charge is 0.508 e. The van der Waals surface area contributed by atoms with Crippen LogP contribution in [0.25, 0.3) is 6.08 Å². The molecule has 2 N–H and O–H groups in total. The molecule has 0 saturated carbocycles. The standard InChI is InChI=1S/C24H16ClFN2O5/c25-20-12-14(4-9-21(20)33-13-15-2-1-3-16(26)10-15)11-19-22(30)27-24(32)28(23(19)31)17-5-7-18(29)8-6-17/h1-12,29H,13H2,(H,27,30,32)/b19-11+. The molecule has 0 spiro atoms. The average Bonchev–Trinajstić information content (AvgIpc) is 2.77. The molecule has 9 heteroatoms. The molecule has 0 unspecified atom stereocenters. The summed E-state index contributed by atoms with van der Waals surface area (Å²) >= 11 is 6.28. The van der Waals surface area contributed by atoms with E-state index < -0.39 is 17.8 Å². The quantitative estimate of drug-likeness (QED) is 0.428. The van der Waals surface area contributed by atoms with Gasteiger partial charge in [0, 0.05) is 0 Å². The van der Waals surface area contributed by atoms with Crippen LogP contribution in [0.3, 0.4) is 0 Å². The third kappa shape index (κ3) is 4.86. The molecule has 3 aromatic carbocycles. The first-order valence-corrected chi connectivity index (χ1v) is 10.1. The normalized spacial score (nSPS) is 15.0. The van der Waals surface area contributed by atoms with Gasteiger partial charge in [-0.1, -0.05) is 29.8 Å². The number of nitrogens with zero attached hydrogens (tertiary/aromatic N) is 1. The molecule has 33 heavy (non-hydrogen) atoms. The molecule has 0 atom stereocenters. The van der Waals surface area contributed by atoms with Crippen molar-refractivity contribution in [2.75, 3.05) is 4.90 Å². The Balaban J connectivity index is 1.56. The molecule has 7 nitrogen and oxygen atoms in total. The van der Waals surface area contributed by atoms with Crippen molar-refractivity contribution >= 4 is 41.2 Å². The number of barbiturate groups is 1. The molecule has 1 aliphatic heterocycles. The predicted molar refractivity (Wildman–Crippen MR) is 119 cm³/mol. The number of urea groups is 1. The Morgan fingerprint density at radius 3 is 2.48 bits per heavy atom. The van der Waals surface area contributed by atoms with Crippen molar-refractivity contribution in [3.05, 3.63) is 94.3 Å². The number of carbonyl (C=O) groups excluding carboxylic acids is 3. The fourth-order valence-corrected chi connectivity index (χ4v) is 3.42. The van der Waals surface area contributed by atoms with E-state index in [0.717, 1.165) is 4.90 Å². The van der Waals surface area contributed by atoms with Gasteiger partial charge in [0.1, 0.15) is 29.5 Å². The van der Waals surface area contributed by atoms with E-state index >= 15 is 0 Å². The maximum atomic E-state index is 13.3. The Morgan fingerprint density at radius 2 is 1.79 bits per heavy atom. The third-order valence-corrected chi connectivity index (χ3v) is 5.06. The van der Waals surface area contributed by atoms with Crippen molar-refractivity contribution < 1.29 is 28.6 Å². The van der Waals surface area contributed by atoms with Gasteiger partial charge in [0.15, 0.2) is 0 Å². The Labute approximate surface area is 192 Å². The summed E-state index contributed by atoms with van der Waals surface area (Å²) in [5.74, 6) is -1.74. The second-order valence-corrected chi connectivity index (χ2v) is 7.49. The fourth-order valence-electron chi connectivity index (χ4n) is 3.17. The molecule has 0 aromatic heterocycles. The number of phenolic OH excluding ortho intramolecular Hbond substituents is 1. The Hall–Kier alpha value is -4.17. The first-order chi connectivity index (χ1) is 15.8. The summed E-state index contributed by atoms with van der Waals surface area (Å²) in [7, 11) is 0. The van der Waals surface area contributed by atoms with Gasteiger partial charge in [0.05, 0.1) is 10.7 Å². The van der Waals surface area contributed by atoms with Crippen LogP contribution in [0.1, 0.15) is 11.1 Å². The van der Waals surface area contributed by atoms with Crippen LogP contribution >= 0.6 is 11.6 Å². The highest BCUT2D eigenvalue weighted by Gasteiger charge is 2.36. The van der Waals surface area contributed by atoms with Gasteiger partial charge in [-0.3, -0.25) is 14.9 Å². The topological polar surface area (TPSA) is 95.9 Å². The summed E-state index contributed by atoms with van der Waals surface area (Å²) in [6.45, 7) is 0.0997. The molecule has 1 saturated heterocycles. The first kappa shape index (κ1) is 22.0. The maximum absolute atomic E-state index is 13.3. The van der Waals surface area contributed by atoms with Gasteiger partial charge in [-0.15, -0.1) is 0 Å². The van der Waals surface area contributed by atoms with E-state index in [1.165, 1.54) is 48.5 Å². The van der Waals surface area contributed by atoms with Gasteiger partial charge in [0.25, 0.3) is 11.8 Å². The number of imide groups is 2. The lowest BCUT2D eigenvalue weighted by atomic mass is 10.1. The summed E-state index contributed by atoms with van der Waals surface area (Å²) in [5.41, 5.74) is 0.970. The van der Waals surface area contributed by atoms with Gasteiger partial charge in [-0.05, 0) is 65.7 Å². The van der Waals surface area contributed by atoms with Crippen molar-refractivity contribution in [1.82, 2.24) is 5.32 Å². The molecular weight excluding hydrogens is 451 g/mol. The molecular formula is C24H16ClFN2O5. The number of aromatic hydroxyl groups is 1. The summed E-state index contributed by atoms with van der Waals surface area (Å²) in [4.78, 5) is 38.2. The number of anilines is 1. The van der Waals surface area contributed by atoms with Crippen LogP contribution in [-0.4, -0.2) is 23.0 Å². The monoisotopic (exact) mass is 466 g/mol. The minimum absolute atomic E-state index is 0.0372. The molecule has 0 radical (unpaired) electrons. The highest BCUT2D eigenvalue weighted by molar-refractivity contribution is 6.39. The zero-order valence-corrected chi connectivity index (χ0v) is 17.7. The minimum Gasteiger partial charge on any atom is -0.508 e. The molecule has 4 amide bonds. The lowest BCUT2D eigenvalue weighted by Gasteiger charge is -2.26. The third-order valence-electron chi connectivity index (χ3n) is 4.76. The van der Waals surface area contributed by atoms with E-state index in [9.17, 15) is 23.9 Å². The molecule has 1 fully saturated rings. The van der Waals surface area contributed by atoms with E-state index in [4.69, 9.17) is 16.3 Å². The number of amides is 4. The second kappa shape index (κ2) is 9.13. The average molecular weight is 467 g/mol. The van der Waals surface area contributed by atoms with Crippen molar-refractivity contribution in [2.24, 2.45) is 0 Å². The number of benzene rings is 3. The van der Waals surface area contributed by atoms with Gasteiger partial charge >= 0.3 is 6.03 Å². The Morgan fingerprint density at radius 1 is 1.03 bits per heavy atom. The molecule has 1 aliphatic rings. The van der Waals surface area contributed by atoms with Crippen LogP contribution < -0.4 is 15.0 Å². The lowest BCUT2D eigenvalue weighted by Crippen LogP contribution is -2.54. The summed E-state index contributed by atoms with van der Waals surface area (Å²) in [6.07, 6.45) is 1.31. The van der Waals surface area contributed by atoms with E-state index in [-0.39, 0.29) is 34.5 Å². The zero-order valence-electron chi connectivity index (χ0n) is 16.9.